The van der Waals surface area contributed by atoms with Crippen molar-refractivity contribution in [3.63, 3.8) is 0 Å². The lowest BCUT2D eigenvalue weighted by atomic mass is 10.2. The Kier molecular flexibility index (Phi) is 7.43. The van der Waals surface area contributed by atoms with Crippen LogP contribution in [0.1, 0.15) is 18.3 Å². The molecule has 3 aromatic rings. The molecule has 0 aliphatic carbocycles. The summed E-state index contributed by atoms with van der Waals surface area (Å²) in [5.41, 5.74) is 1.70. The minimum Gasteiger partial charge on any atom is -0.357 e. The predicted molar refractivity (Wildman–Crippen MR) is 115 cm³/mol. The molecule has 0 aliphatic rings. The van der Waals surface area contributed by atoms with Gasteiger partial charge >= 0.3 is 0 Å². The third-order valence-corrected chi connectivity index (χ3v) is 4.79. The molecule has 0 bridgehead atoms. The van der Waals surface area contributed by atoms with Crippen molar-refractivity contribution in [2.24, 2.45) is 4.99 Å². The predicted octanol–water partition coefficient (Wildman–Crippen LogP) is 4.08. The average molecular weight is 433 g/mol. The molecule has 3 rings (SSSR count). The highest BCUT2D eigenvalue weighted by Crippen LogP contribution is 2.23. The van der Waals surface area contributed by atoms with Crippen molar-refractivity contribution in [2.45, 2.75) is 19.9 Å². The Morgan fingerprint density at radius 1 is 1.21 bits per heavy atom. The maximum absolute atomic E-state index is 6.11. The van der Waals surface area contributed by atoms with Gasteiger partial charge in [-0.05, 0) is 36.8 Å². The zero-order valence-electron chi connectivity index (χ0n) is 16.3. The zero-order chi connectivity index (χ0) is 20.6. The van der Waals surface area contributed by atoms with E-state index in [1.54, 1.807) is 12.3 Å². The molecule has 0 unspecified atom stereocenters. The Morgan fingerprint density at radius 2 is 2.07 bits per heavy atom. The molecule has 0 aliphatic heterocycles. The fourth-order valence-electron chi connectivity index (χ4n) is 2.67. The van der Waals surface area contributed by atoms with E-state index in [0.717, 1.165) is 18.1 Å². The Hall–Kier alpha value is -2.64. The van der Waals surface area contributed by atoms with Gasteiger partial charge in [0, 0.05) is 39.3 Å². The van der Waals surface area contributed by atoms with Gasteiger partial charge in [0.05, 0.1) is 10.0 Å². The second kappa shape index (κ2) is 10.2. The summed E-state index contributed by atoms with van der Waals surface area (Å²) in [6.45, 7) is 3.96. The van der Waals surface area contributed by atoms with Crippen LogP contribution < -0.4 is 5.32 Å². The van der Waals surface area contributed by atoms with Crippen molar-refractivity contribution in [1.82, 2.24) is 25.3 Å². The summed E-state index contributed by atoms with van der Waals surface area (Å²) < 4.78 is 5.28. The SMILES string of the molecule is CCNC(=NCCc1noc(-c2ccccn2)n1)N(C)Cc1ccc(Cl)c(Cl)c1. The number of nitrogens with zero attached hydrogens (tertiary/aromatic N) is 5. The van der Waals surface area contributed by atoms with E-state index < -0.39 is 0 Å². The quantitative estimate of drug-likeness (QED) is 0.447. The molecule has 0 amide bonds. The minimum absolute atomic E-state index is 0.410. The third kappa shape index (κ3) is 5.92. The Morgan fingerprint density at radius 3 is 2.79 bits per heavy atom. The number of guanidine groups is 1. The van der Waals surface area contributed by atoms with Crippen LogP contribution in [0.3, 0.4) is 0 Å². The van der Waals surface area contributed by atoms with Crippen LogP contribution in [0.5, 0.6) is 0 Å². The fraction of sp³-hybridized carbons (Fsp3) is 0.300. The van der Waals surface area contributed by atoms with Crippen molar-refractivity contribution in [3.8, 4) is 11.6 Å². The van der Waals surface area contributed by atoms with Crippen molar-refractivity contribution in [2.75, 3.05) is 20.1 Å². The first-order valence-corrected chi connectivity index (χ1v) is 9.99. The first kappa shape index (κ1) is 21.1. The Labute approximate surface area is 179 Å². The van der Waals surface area contributed by atoms with E-state index in [-0.39, 0.29) is 0 Å². The molecule has 0 radical (unpaired) electrons. The molecular weight excluding hydrogens is 411 g/mol. The smallest absolute Gasteiger partial charge is 0.276 e. The van der Waals surface area contributed by atoms with E-state index in [1.807, 2.05) is 49.2 Å². The summed E-state index contributed by atoms with van der Waals surface area (Å²) in [6, 6.07) is 11.2. The molecule has 2 heterocycles. The molecule has 0 saturated carbocycles. The standard InChI is InChI=1S/C20H22Cl2N6O/c1-3-23-20(28(2)13-14-7-8-15(21)16(22)12-14)25-11-9-18-26-19(29-27-18)17-6-4-5-10-24-17/h4-8,10,12H,3,9,11,13H2,1-2H3,(H,23,25). The van der Waals surface area contributed by atoms with E-state index in [9.17, 15) is 0 Å². The van der Waals surface area contributed by atoms with Gasteiger partial charge in [-0.3, -0.25) is 9.98 Å². The van der Waals surface area contributed by atoms with Gasteiger partial charge in [0.1, 0.15) is 5.69 Å². The number of nitrogens with one attached hydrogen (secondary N) is 1. The van der Waals surface area contributed by atoms with Crippen LogP contribution in [0.4, 0.5) is 0 Å². The molecule has 152 valence electrons. The number of pyridine rings is 1. The van der Waals surface area contributed by atoms with Crippen molar-refractivity contribution in [1.29, 1.82) is 0 Å². The van der Waals surface area contributed by atoms with Gasteiger partial charge in [0.2, 0.25) is 0 Å². The van der Waals surface area contributed by atoms with Crippen molar-refractivity contribution >= 4 is 29.2 Å². The van der Waals surface area contributed by atoms with Crippen LogP contribution in [-0.4, -0.2) is 46.1 Å². The van der Waals surface area contributed by atoms with Gasteiger partial charge in [-0.1, -0.05) is 40.5 Å². The first-order chi connectivity index (χ1) is 14.1. The second-order valence-electron chi connectivity index (χ2n) is 6.32. The van der Waals surface area contributed by atoms with Gasteiger partial charge in [0.25, 0.3) is 5.89 Å². The lowest BCUT2D eigenvalue weighted by Gasteiger charge is -2.22. The molecule has 9 heteroatoms. The van der Waals surface area contributed by atoms with Gasteiger partial charge in [0.15, 0.2) is 11.8 Å². The minimum atomic E-state index is 0.410. The van der Waals surface area contributed by atoms with E-state index in [1.165, 1.54) is 0 Å². The number of aliphatic imine (C=N–C) groups is 1. The van der Waals surface area contributed by atoms with Crippen LogP contribution in [-0.2, 0) is 13.0 Å². The van der Waals surface area contributed by atoms with Crippen LogP contribution in [0.25, 0.3) is 11.6 Å². The molecule has 1 N–H and O–H groups in total. The molecule has 2 aromatic heterocycles. The number of rotatable bonds is 7. The topological polar surface area (TPSA) is 79.4 Å². The summed E-state index contributed by atoms with van der Waals surface area (Å²) in [6.07, 6.45) is 2.25. The van der Waals surface area contributed by atoms with Crippen LogP contribution in [0, 0.1) is 0 Å². The molecule has 1 aromatic carbocycles. The number of aromatic nitrogens is 3. The Bertz CT molecular complexity index is 961. The van der Waals surface area contributed by atoms with E-state index in [4.69, 9.17) is 27.7 Å². The maximum atomic E-state index is 6.11. The lowest BCUT2D eigenvalue weighted by molar-refractivity contribution is 0.421. The monoisotopic (exact) mass is 432 g/mol. The van der Waals surface area contributed by atoms with Crippen LogP contribution >= 0.6 is 23.2 Å². The summed E-state index contributed by atoms with van der Waals surface area (Å²) in [5, 5.41) is 8.39. The zero-order valence-corrected chi connectivity index (χ0v) is 17.8. The largest absolute Gasteiger partial charge is 0.357 e. The van der Waals surface area contributed by atoms with Crippen LogP contribution in [0.15, 0.2) is 52.1 Å². The maximum Gasteiger partial charge on any atom is 0.276 e. The molecule has 0 atom stereocenters. The molecule has 29 heavy (non-hydrogen) atoms. The highest BCUT2D eigenvalue weighted by atomic mass is 35.5. The first-order valence-electron chi connectivity index (χ1n) is 9.24. The average Bonchev–Trinajstić information content (AvgIpc) is 3.20. The number of halogens is 2. The van der Waals surface area contributed by atoms with E-state index in [0.29, 0.717) is 47.0 Å². The summed E-state index contributed by atoms with van der Waals surface area (Å²) in [7, 11) is 1.97. The number of hydrogen-bond acceptors (Lipinski definition) is 5. The van der Waals surface area contributed by atoms with Crippen LogP contribution in [0.2, 0.25) is 10.0 Å². The second-order valence-corrected chi connectivity index (χ2v) is 7.14. The molecule has 0 saturated heterocycles. The highest BCUT2D eigenvalue weighted by Gasteiger charge is 2.11. The van der Waals surface area contributed by atoms with Crippen molar-refractivity contribution < 1.29 is 4.52 Å². The van der Waals surface area contributed by atoms with E-state index in [2.05, 4.69) is 25.4 Å². The lowest BCUT2D eigenvalue weighted by Crippen LogP contribution is -2.38. The Balaban J connectivity index is 1.61. The number of hydrogen-bond donors (Lipinski definition) is 1. The van der Waals surface area contributed by atoms with Gasteiger partial charge < -0.3 is 14.7 Å². The molecule has 7 nitrogen and oxygen atoms in total. The molecule has 0 spiro atoms. The summed E-state index contributed by atoms with van der Waals surface area (Å²) in [4.78, 5) is 15.3. The third-order valence-electron chi connectivity index (χ3n) is 4.05. The number of benzene rings is 1. The summed E-state index contributed by atoms with van der Waals surface area (Å²) in [5.74, 6) is 1.79. The molecule has 0 fully saturated rings. The van der Waals surface area contributed by atoms with Gasteiger partial charge in [-0.2, -0.15) is 4.98 Å². The molecular formula is C20H22Cl2N6O. The normalized spacial score (nSPS) is 11.5. The van der Waals surface area contributed by atoms with Gasteiger partial charge in [-0.15, -0.1) is 0 Å². The van der Waals surface area contributed by atoms with Crippen molar-refractivity contribution in [3.05, 3.63) is 64.0 Å². The summed E-state index contributed by atoms with van der Waals surface area (Å²) >= 11 is 12.1. The fourth-order valence-corrected chi connectivity index (χ4v) is 2.99. The van der Waals surface area contributed by atoms with Gasteiger partial charge in [-0.25, -0.2) is 0 Å². The van der Waals surface area contributed by atoms with E-state index >= 15 is 0 Å². The highest BCUT2D eigenvalue weighted by molar-refractivity contribution is 6.42.